The van der Waals surface area contributed by atoms with Crippen molar-refractivity contribution in [3.63, 3.8) is 0 Å². The van der Waals surface area contributed by atoms with Crippen LogP contribution in [0, 0.1) is 0 Å². The summed E-state index contributed by atoms with van der Waals surface area (Å²) in [5.74, 6) is 0.0102. The Morgan fingerprint density at radius 2 is 1.82 bits per heavy atom. The first-order valence-electron chi connectivity index (χ1n) is 6.02. The first-order valence-corrected chi connectivity index (χ1v) is 6.02. The molecule has 0 aromatic carbocycles. The van der Waals surface area contributed by atoms with Crippen LogP contribution in [-0.4, -0.2) is 37.0 Å². The predicted octanol–water partition coefficient (Wildman–Crippen LogP) is 0.405. The highest BCUT2D eigenvalue weighted by Crippen LogP contribution is 1.99. The lowest BCUT2D eigenvalue weighted by molar-refractivity contribution is -0.124. The van der Waals surface area contributed by atoms with Gasteiger partial charge in [-0.05, 0) is 40.7 Å². The van der Waals surface area contributed by atoms with Gasteiger partial charge in [-0.3, -0.25) is 9.59 Å². The van der Waals surface area contributed by atoms with Gasteiger partial charge in [0, 0.05) is 19.0 Å². The molecule has 2 amide bonds. The van der Waals surface area contributed by atoms with E-state index in [1.54, 1.807) is 7.05 Å². The van der Waals surface area contributed by atoms with Crippen molar-refractivity contribution in [3.8, 4) is 0 Å². The molecule has 1 atom stereocenters. The molecule has 0 aliphatic heterocycles. The van der Waals surface area contributed by atoms with E-state index in [0.717, 1.165) is 6.42 Å². The lowest BCUT2D eigenvalue weighted by atomic mass is 10.1. The molecule has 17 heavy (non-hydrogen) atoms. The lowest BCUT2D eigenvalue weighted by Gasteiger charge is -2.23. The Balaban J connectivity index is 3.75. The molecule has 0 fully saturated rings. The lowest BCUT2D eigenvalue weighted by Crippen LogP contribution is -2.49. The summed E-state index contributed by atoms with van der Waals surface area (Å²) < 4.78 is 0. The van der Waals surface area contributed by atoms with Crippen molar-refractivity contribution in [2.45, 2.75) is 52.1 Å². The van der Waals surface area contributed by atoms with Crippen molar-refractivity contribution in [2.24, 2.45) is 0 Å². The van der Waals surface area contributed by atoms with Crippen molar-refractivity contribution >= 4 is 11.8 Å². The third kappa shape index (κ3) is 8.68. The zero-order chi connectivity index (χ0) is 13.5. The van der Waals surface area contributed by atoms with Gasteiger partial charge < -0.3 is 16.0 Å². The molecule has 0 aliphatic rings. The van der Waals surface area contributed by atoms with Crippen LogP contribution < -0.4 is 16.0 Å². The topological polar surface area (TPSA) is 70.2 Å². The number of carbonyl (C=O) groups excluding carboxylic acids is 2. The minimum atomic E-state index is -0.237. The van der Waals surface area contributed by atoms with Crippen LogP contribution in [0.1, 0.15) is 40.5 Å². The maximum absolute atomic E-state index is 11.7. The Kier molecular flexibility index (Phi) is 6.80. The molecular weight excluding hydrogens is 218 g/mol. The summed E-state index contributed by atoms with van der Waals surface area (Å²) in [5, 5.41) is 8.55. The minimum absolute atomic E-state index is 0.0163. The van der Waals surface area contributed by atoms with Gasteiger partial charge in [0.15, 0.2) is 0 Å². The summed E-state index contributed by atoms with van der Waals surface area (Å²) >= 11 is 0. The number of rotatable bonds is 6. The maximum Gasteiger partial charge on any atom is 0.237 e. The molecule has 1 unspecified atom stereocenters. The summed E-state index contributed by atoms with van der Waals surface area (Å²) in [6.45, 7) is 8.32. The van der Waals surface area contributed by atoms with Gasteiger partial charge in [-0.25, -0.2) is 0 Å². The van der Waals surface area contributed by atoms with E-state index in [0.29, 0.717) is 13.0 Å². The van der Waals surface area contributed by atoms with Gasteiger partial charge in [0.25, 0.3) is 0 Å². The van der Waals surface area contributed by atoms with Gasteiger partial charge in [-0.15, -0.1) is 0 Å². The Morgan fingerprint density at radius 1 is 1.24 bits per heavy atom. The Bertz CT molecular complexity index is 259. The van der Waals surface area contributed by atoms with E-state index in [2.05, 4.69) is 16.0 Å². The average molecular weight is 243 g/mol. The fraction of sp³-hybridized carbons (Fsp3) is 0.833. The fourth-order valence-corrected chi connectivity index (χ4v) is 1.26. The normalized spacial score (nSPS) is 13.0. The van der Waals surface area contributed by atoms with Gasteiger partial charge in [0.1, 0.15) is 0 Å². The van der Waals surface area contributed by atoms with E-state index in [4.69, 9.17) is 0 Å². The van der Waals surface area contributed by atoms with Crippen LogP contribution in [0.15, 0.2) is 0 Å². The molecule has 5 nitrogen and oxygen atoms in total. The number of hydrogen-bond acceptors (Lipinski definition) is 3. The molecule has 0 saturated carbocycles. The Morgan fingerprint density at radius 3 is 2.29 bits per heavy atom. The summed E-state index contributed by atoms with van der Waals surface area (Å²) in [5.41, 5.74) is -0.213. The predicted molar refractivity (Wildman–Crippen MR) is 68.7 cm³/mol. The number of carbonyl (C=O) groups is 2. The molecule has 0 saturated heterocycles. The molecule has 0 spiro atoms. The van der Waals surface area contributed by atoms with Gasteiger partial charge in [0.2, 0.25) is 11.8 Å². The zero-order valence-corrected chi connectivity index (χ0v) is 11.5. The third-order valence-electron chi connectivity index (χ3n) is 2.20. The van der Waals surface area contributed by atoms with Gasteiger partial charge in [0.05, 0.1) is 6.04 Å². The second-order valence-electron chi connectivity index (χ2n) is 5.19. The zero-order valence-electron chi connectivity index (χ0n) is 11.5. The Labute approximate surface area is 104 Å². The monoisotopic (exact) mass is 243 g/mol. The number of nitrogens with one attached hydrogen (secondary N) is 3. The van der Waals surface area contributed by atoms with Gasteiger partial charge in [-0.1, -0.05) is 0 Å². The summed E-state index contributed by atoms with van der Waals surface area (Å²) in [7, 11) is 1.62. The molecule has 3 N–H and O–H groups in total. The highest BCUT2D eigenvalue weighted by molar-refractivity contribution is 5.81. The van der Waals surface area contributed by atoms with Crippen LogP contribution >= 0.6 is 0 Å². The third-order valence-corrected chi connectivity index (χ3v) is 2.20. The molecule has 100 valence electrons. The van der Waals surface area contributed by atoms with Crippen molar-refractivity contribution in [1.82, 2.24) is 16.0 Å². The van der Waals surface area contributed by atoms with E-state index in [-0.39, 0.29) is 23.4 Å². The maximum atomic E-state index is 11.7. The molecule has 0 bridgehead atoms. The average Bonchev–Trinajstić information content (AvgIpc) is 2.21. The standard InChI is InChI=1S/C12H25N3O2/c1-9(11(17)15-12(2,3)4)14-8-6-7-10(16)13-5/h9,14H,6-8H2,1-5H3,(H,13,16)(H,15,17). The quantitative estimate of drug-likeness (QED) is 0.592. The SMILES string of the molecule is CNC(=O)CCCNC(C)C(=O)NC(C)(C)C. The highest BCUT2D eigenvalue weighted by atomic mass is 16.2. The molecule has 0 aliphatic carbocycles. The van der Waals surface area contributed by atoms with E-state index in [1.807, 2.05) is 27.7 Å². The van der Waals surface area contributed by atoms with E-state index >= 15 is 0 Å². The first kappa shape index (κ1) is 15.9. The van der Waals surface area contributed by atoms with Crippen LogP contribution in [0.2, 0.25) is 0 Å². The molecule has 5 heteroatoms. The largest absolute Gasteiger partial charge is 0.359 e. The molecule has 0 rings (SSSR count). The molecule has 0 heterocycles. The fourth-order valence-electron chi connectivity index (χ4n) is 1.26. The van der Waals surface area contributed by atoms with Crippen LogP contribution in [-0.2, 0) is 9.59 Å². The van der Waals surface area contributed by atoms with Gasteiger partial charge >= 0.3 is 0 Å². The minimum Gasteiger partial charge on any atom is -0.359 e. The summed E-state index contributed by atoms with van der Waals surface area (Å²) in [6.07, 6.45) is 1.21. The molecule has 0 radical (unpaired) electrons. The first-order chi connectivity index (χ1) is 7.76. The van der Waals surface area contributed by atoms with Gasteiger partial charge in [-0.2, -0.15) is 0 Å². The van der Waals surface area contributed by atoms with Crippen molar-refractivity contribution in [2.75, 3.05) is 13.6 Å². The number of amides is 2. The van der Waals surface area contributed by atoms with Crippen molar-refractivity contribution < 1.29 is 9.59 Å². The molecule has 0 aromatic heterocycles. The van der Waals surface area contributed by atoms with Crippen molar-refractivity contribution in [1.29, 1.82) is 0 Å². The van der Waals surface area contributed by atoms with Crippen LogP contribution in [0.25, 0.3) is 0 Å². The smallest absolute Gasteiger partial charge is 0.237 e. The summed E-state index contributed by atoms with van der Waals surface area (Å²) in [6, 6.07) is -0.237. The molecule has 0 aromatic rings. The van der Waals surface area contributed by atoms with E-state index in [1.165, 1.54) is 0 Å². The Hall–Kier alpha value is -1.10. The van der Waals surface area contributed by atoms with E-state index in [9.17, 15) is 9.59 Å². The van der Waals surface area contributed by atoms with Crippen LogP contribution in [0.4, 0.5) is 0 Å². The molecular formula is C12H25N3O2. The van der Waals surface area contributed by atoms with Crippen LogP contribution in [0.5, 0.6) is 0 Å². The highest BCUT2D eigenvalue weighted by Gasteiger charge is 2.18. The second-order valence-corrected chi connectivity index (χ2v) is 5.19. The second kappa shape index (κ2) is 7.27. The summed E-state index contributed by atoms with van der Waals surface area (Å²) in [4.78, 5) is 22.6. The van der Waals surface area contributed by atoms with Crippen molar-refractivity contribution in [3.05, 3.63) is 0 Å². The number of hydrogen-bond donors (Lipinski definition) is 3. The van der Waals surface area contributed by atoms with E-state index < -0.39 is 0 Å². The van der Waals surface area contributed by atoms with Crippen LogP contribution in [0.3, 0.4) is 0 Å².